The molecule has 0 atom stereocenters. The third kappa shape index (κ3) is 5.82. The summed E-state index contributed by atoms with van der Waals surface area (Å²) in [6, 6.07) is 28.9. The van der Waals surface area contributed by atoms with E-state index in [4.69, 9.17) is 9.85 Å². The van der Waals surface area contributed by atoms with Crippen LogP contribution in [0, 0.1) is 0 Å². The molecule has 5 aromatic rings. The minimum Gasteiger partial charge on any atom is -0.397 e. The Morgan fingerprint density at radius 3 is 1.80 bits per heavy atom. The normalized spacial score (nSPS) is 13.2. The first-order valence-electron chi connectivity index (χ1n) is 15.8. The number of anilines is 3. The molecule has 0 heterocycles. The van der Waals surface area contributed by atoms with Crippen LogP contribution >= 0.6 is 0 Å². The summed E-state index contributed by atoms with van der Waals surface area (Å²) in [5, 5.41) is 3.57. The molecule has 0 radical (unpaired) electrons. The molecule has 5 aromatic carbocycles. The summed E-state index contributed by atoms with van der Waals surface area (Å²) in [6.45, 7) is 13.3. The molecule has 202 valence electrons. The Balaban J connectivity index is 1.88. The molecule has 0 spiro atoms. The number of benzene rings is 5. The number of para-hydroxylation sites is 3. The molecular formula is C38H40N2. The third-order valence-electron chi connectivity index (χ3n) is 7.22. The Bertz CT molecular complexity index is 1820. The zero-order chi connectivity index (χ0) is 32.0. The number of nitrogens with two attached hydrogens (primary N) is 1. The first-order chi connectivity index (χ1) is 20.7. The first kappa shape index (κ1) is 22.5. The zero-order valence-corrected chi connectivity index (χ0v) is 24.2. The predicted octanol–water partition coefficient (Wildman–Crippen LogP) is 10.6. The molecule has 2 nitrogen and oxygen atoms in total. The summed E-state index contributed by atoms with van der Waals surface area (Å²) < 4.78 is 35.8. The highest BCUT2D eigenvalue weighted by Crippen LogP contribution is 2.43. The largest absolute Gasteiger partial charge is 0.397 e. The van der Waals surface area contributed by atoms with Crippen LogP contribution in [0.15, 0.2) is 115 Å². The van der Waals surface area contributed by atoms with Gasteiger partial charge in [0.2, 0.25) is 0 Å². The third-order valence-corrected chi connectivity index (χ3v) is 7.22. The van der Waals surface area contributed by atoms with Crippen molar-refractivity contribution in [1.82, 2.24) is 0 Å². The van der Waals surface area contributed by atoms with Gasteiger partial charge in [-0.1, -0.05) is 139 Å². The lowest BCUT2D eigenvalue weighted by Crippen LogP contribution is -2.16. The standard InChI is InChI=1S/C38H40N2/c1-37(2,3)30-23-29(24-31(25-30)38(4,5)6)33-19-13-18-32(36(33)40-35-21-11-10-20-34(35)39)28-17-12-16-27(22-28)26-14-8-7-9-15-26/h7-25,40H,39H2,1-6H3/i12D,16D,17D,22D. The highest BCUT2D eigenvalue weighted by atomic mass is 14.9. The van der Waals surface area contributed by atoms with Crippen LogP contribution in [0.1, 0.15) is 58.2 Å². The summed E-state index contributed by atoms with van der Waals surface area (Å²) in [6.07, 6.45) is 0. The highest BCUT2D eigenvalue weighted by molar-refractivity contribution is 5.95. The lowest BCUT2D eigenvalue weighted by Gasteiger charge is -2.27. The van der Waals surface area contributed by atoms with Crippen LogP contribution in [0.2, 0.25) is 0 Å². The van der Waals surface area contributed by atoms with Crippen LogP contribution in [0.5, 0.6) is 0 Å². The Morgan fingerprint density at radius 1 is 0.600 bits per heavy atom. The number of nitrogen functional groups attached to an aromatic ring is 1. The predicted molar refractivity (Wildman–Crippen MR) is 174 cm³/mol. The van der Waals surface area contributed by atoms with Crippen molar-refractivity contribution >= 4 is 17.1 Å². The average Bonchev–Trinajstić information content (AvgIpc) is 2.97. The molecule has 0 aliphatic carbocycles. The molecule has 2 heteroatoms. The van der Waals surface area contributed by atoms with Crippen molar-refractivity contribution in [2.75, 3.05) is 11.1 Å². The lowest BCUT2D eigenvalue weighted by atomic mass is 9.78. The molecule has 0 aliphatic heterocycles. The Hall–Kier alpha value is -4.30. The minimum absolute atomic E-state index is 0.0438. The molecule has 0 amide bonds. The smallest absolute Gasteiger partial charge is 0.0636 e. The average molecular weight is 529 g/mol. The molecule has 0 saturated heterocycles. The van der Waals surface area contributed by atoms with E-state index in [0.717, 1.165) is 11.1 Å². The Kier molecular flexibility index (Phi) is 6.02. The van der Waals surface area contributed by atoms with Crippen molar-refractivity contribution in [2.24, 2.45) is 0 Å². The number of hydrogen-bond acceptors (Lipinski definition) is 2. The van der Waals surface area contributed by atoms with Gasteiger partial charge in [-0.25, -0.2) is 0 Å². The van der Waals surface area contributed by atoms with Crippen LogP contribution in [-0.2, 0) is 10.8 Å². The van der Waals surface area contributed by atoms with Gasteiger partial charge in [-0.15, -0.1) is 0 Å². The molecule has 0 saturated carbocycles. The maximum Gasteiger partial charge on any atom is 0.0636 e. The van der Waals surface area contributed by atoms with E-state index >= 15 is 0 Å². The Morgan fingerprint density at radius 2 is 1.18 bits per heavy atom. The van der Waals surface area contributed by atoms with E-state index in [1.807, 2.05) is 72.8 Å². The second kappa shape index (κ2) is 10.7. The van der Waals surface area contributed by atoms with Gasteiger partial charge in [0.25, 0.3) is 0 Å². The summed E-state index contributed by atoms with van der Waals surface area (Å²) in [4.78, 5) is 0. The van der Waals surface area contributed by atoms with Gasteiger partial charge in [-0.3, -0.25) is 0 Å². The maximum absolute atomic E-state index is 9.35. The van der Waals surface area contributed by atoms with Gasteiger partial charge < -0.3 is 11.1 Å². The van der Waals surface area contributed by atoms with Crippen molar-refractivity contribution in [3.8, 4) is 33.4 Å². The molecule has 0 aromatic heterocycles. The minimum atomic E-state index is -0.213. The number of hydrogen-bond donors (Lipinski definition) is 2. The molecule has 0 fully saturated rings. The molecular weight excluding hydrogens is 484 g/mol. The second-order valence-corrected chi connectivity index (χ2v) is 12.4. The van der Waals surface area contributed by atoms with Crippen LogP contribution in [0.3, 0.4) is 0 Å². The number of nitrogens with one attached hydrogen (secondary N) is 1. The zero-order valence-electron chi connectivity index (χ0n) is 28.2. The fourth-order valence-corrected chi connectivity index (χ4v) is 4.76. The van der Waals surface area contributed by atoms with Gasteiger partial charge >= 0.3 is 0 Å². The summed E-state index contributed by atoms with van der Waals surface area (Å²) in [7, 11) is 0. The fraction of sp³-hybridized carbons (Fsp3) is 0.211. The van der Waals surface area contributed by atoms with Crippen molar-refractivity contribution in [2.45, 2.75) is 52.4 Å². The lowest BCUT2D eigenvalue weighted by molar-refractivity contribution is 0.569. The summed E-state index contributed by atoms with van der Waals surface area (Å²) in [5.41, 5.74) is 14.4. The molecule has 5 rings (SSSR count). The first-order valence-corrected chi connectivity index (χ1v) is 13.8. The van der Waals surface area contributed by atoms with E-state index in [-0.39, 0.29) is 35.0 Å². The molecule has 0 unspecified atom stereocenters. The van der Waals surface area contributed by atoms with E-state index in [9.17, 15) is 1.37 Å². The van der Waals surface area contributed by atoms with Gasteiger partial charge in [0.1, 0.15) is 0 Å². The fourth-order valence-electron chi connectivity index (χ4n) is 4.76. The molecule has 40 heavy (non-hydrogen) atoms. The van der Waals surface area contributed by atoms with E-state index in [0.29, 0.717) is 39.3 Å². The van der Waals surface area contributed by atoms with E-state index < -0.39 is 0 Å². The van der Waals surface area contributed by atoms with Gasteiger partial charge in [0, 0.05) is 11.1 Å². The molecule has 0 aliphatic rings. The van der Waals surface area contributed by atoms with Crippen LogP contribution in [0.4, 0.5) is 17.1 Å². The van der Waals surface area contributed by atoms with Crippen LogP contribution in [-0.4, -0.2) is 0 Å². The SMILES string of the molecule is [2H]c1c([2H])c(-c2ccccc2)c([2H])c(-c2cccc(-c3cc(C(C)(C)C)cc(C(C)(C)C)c3)c2Nc2ccccc2N)c1[2H]. The molecule has 3 N–H and O–H groups in total. The topological polar surface area (TPSA) is 38.0 Å². The maximum atomic E-state index is 9.35. The van der Waals surface area contributed by atoms with E-state index in [2.05, 4.69) is 65.1 Å². The van der Waals surface area contributed by atoms with E-state index in [1.54, 1.807) is 0 Å². The van der Waals surface area contributed by atoms with Crippen molar-refractivity contribution in [3.05, 3.63) is 126 Å². The molecule has 0 bridgehead atoms. The van der Waals surface area contributed by atoms with Gasteiger partial charge in [-0.05, 0) is 62.4 Å². The van der Waals surface area contributed by atoms with E-state index in [1.165, 1.54) is 11.1 Å². The highest BCUT2D eigenvalue weighted by Gasteiger charge is 2.22. The monoisotopic (exact) mass is 528 g/mol. The van der Waals surface area contributed by atoms with Gasteiger partial charge in [0.05, 0.1) is 22.5 Å². The number of rotatable bonds is 5. The quantitative estimate of drug-likeness (QED) is 0.223. The van der Waals surface area contributed by atoms with Crippen molar-refractivity contribution < 1.29 is 5.48 Å². The summed E-state index contributed by atoms with van der Waals surface area (Å²) in [5.74, 6) is 0. The second-order valence-electron chi connectivity index (χ2n) is 12.4. The van der Waals surface area contributed by atoms with Crippen molar-refractivity contribution in [3.63, 3.8) is 0 Å². The van der Waals surface area contributed by atoms with Crippen molar-refractivity contribution in [1.29, 1.82) is 0 Å². The van der Waals surface area contributed by atoms with Gasteiger partial charge in [-0.2, -0.15) is 0 Å². The van der Waals surface area contributed by atoms with Crippen LogP contribution in [0.25, 0.3) is 33.4 Å². The Labute approximate surface area is 245 Å². The van der Waals surface area contributed by atoms with Crippen LogP contribution < -0.4 is 11.1 Å². The summed E-state index contributed by atoms with van der Waals surface area (Å²) >= 11 is 0. The van der Waals surface area contributed by atoms with Gasteiger partial charge in [0.15, 0.2) is 0 Å².